The standard InChI is InChI=1S/C26H37N5O4S.C2HF3O2/c1-5-20-8-11-22(12-9-20)36(34,35)28-23-18-21(10-13-24(23)31-16-14-27-15-17-31)26(33)29(4)19-25(32)30(6-2)7-3;3-2(4,5)1(6)7/h8-13,18,27-28H,5-7,14-17,19H2,1-4H3;(H,6,7). The lowest BCUT2D eigenvalue weighted by molar-refractivity contribution is -0.192. The average Bonchev–Trinajstić information content (AvgIpc) is 2.97. The number of rotatable bonds is 10. The zero-order valence-electron chi connectivity index (χ0n) is 24.6. The molecule has 11 nitrogen and oxygen atoms in total. The zero-order valence-corrected chi connectivity index (χ0v) is 25.4. The molecular formula is C28H38F3N5O6S. The molecule has 2 amide bonds. The van der Waals surface area contributed by atoms with E-state index in [1.54, 1.807) is 54.4 Å². The van der Waals surface area contributed by atoms with E-state index in [0.717, 1.165) is 25.1 Å². The van der Waals surface area contributed by atoms with Gasteiger partial charge in [0.2, 0.25) is 5.91 Å². The van der Waals surface area contributed by atoms with E-state index in [9.17, 15) is 31.2 Å². The number of hydrogen-bond acceptors (Lipinski definition) is 7. The van der Waals surface area contributed by atoms with Crippen LogP contribution in [0, 0.1) is 0 Å². The van der Waals surface area contributed by atoms with Crippen LogP contribution in [0.4, 0.5) is 24.5 Å². The van der Waals surface area contributed by atoms with Gasteiger partial charge in [0.1, 0.15) is 0 Å². The van der Waals surface area contributed by atoms with Crippen molar-refractivity contribution in [2.45, 2.75) is 38.3 Å². The highest BCUT2D eigenvalue weighted by molar-refractivity contribution is 7.92. The molecule has 2 aromatic carbocycles. The van der Waals surface area contributed by atoms with Gasteiger partial charge in [-0.1, -0.05) is 19.1 Å². The summed E-state index contributed by atoms with van der Waals surface area (Å²) in [5.74, 6) is -3.24. The molecule has 0 saturated carbocycles. The van der Waals surface area contributed by atoms with Crippen LogP contribution < -0.4 is 14.9 Å². The molecule has 3 N–H and O–H groups in total. The van der Waals surface area contributed by atoms with Crippen LogP contribution in [0.2, 0.25) is 0 Å². The summed E-state index contributed by atoms with van der Waals surface area (Å²) in [5, 5.41) is 10.4. The Hall–Kier alpha value is -3.85. The SMILES string of the molecule is CCc1ccc(S(=O)(=O)Nc2cc(C(=O)N(C)CC(=O)N(CC)CC)ccc2N2CCNCC2)cc1.O=C(O)C(F)(F)F. The molecule has 3 rings (SSSR count). The molecular weight excluding hydrogens is 591 g/mol. The van der Waals surface area contributed by atoms with Crippen molar-refractivity contribution in [2.24, 2.45) is 0 Å². The van der Waals surface area contributed by atoms with Gasteiger partial charge < -0.3 is 25.1 Å². The van der Waals surface area contributed by atoms with Gasteiger partial charge in [0.25, 0.3) is 15.9 Å². The van der Waals surface area contributed by atoms with E-state index in [4.69, 9.17) is 9.90 Å². The first-order chi connectivity index (χ1) is 20.1. The van der Waals surface area contributed by atoms with Gasteiger partial charge in [-0.25, -0.2) is 13.2 Å². The number of piperazine rings is 1. The molecule has 2 aromatic rings. The molecule has 1 aliphatic heterocycles. The van der Waals surface area contributed by atoms with Crippen molar-refractivity contribution in [1.82, 2.24) is 15.1 Å². The van der Waals surface area contributed by atoms with Crippen LogP contribution in [0.5, 0.6) is 0 Å². The fourth-order valence-electron chi connectivity index (χ4n) is 4.21. The Bertz CT molecular complexity index is 1360. The van der Waals surface area contributed by atoms with Crippen molar-refractivity contribution in [3.8, 4) is 0 Å². The molecule has 0 spiro atoms. The Morgan fingerprint density at radius 2 is 1.56 bits per heavy atom. The quantitative estimate of drug-likeness (QED) is 0.365. The summed E-state index contributed by atoms with van der Waals surface area (Å²) < 4.78 is 61.0. The highest BCUT2D eigenvalue weighted by atomic mass is 32.2. The Labute approximate surface area is 249 Å². The number of alkyl halides is 3. The summed E-state index contributed by atoms with van der Waals surface area (Å²) in [6, 6.07) is 11.8. The minimum absolute atomic E-state index is 0.0507. The lowest BCUT2D eigenvalue weighted by Gasteiger charge is -2.31. The number of carboxylic acids is 1. The van der Waals surface area contributed by atoms with Gasteiger partial charge >= 0.3 is 12.1 Å². The van der Waals surface area contributed by atoms with Crippen LogP contribution in [0.3, 0.4) is 0 Å². The number of hydrogen-bond donors (Lipinski definition) is 3. The van der Waals surface area contributed by atoms with Gasteiger partial charge in [-0.05, 0) is 56.2 Å². The fourth-order valence-corrected chi connectivity index (χ4v) is 5.28. The molecule has 238 valence electrons. The van der Waals surface area contributed by atoms with Crippen molar-refractivity contribution in [1.29, 1.82) is 0 Å². The maximum atomic E-state index is 13.3. The lowest BCUT2D eigenvalue weighted by atomic mass is 10.1. The molecule has 43 heavy (non-hydrogen) atoms. The Balaban J connectivity index is 0.000000821. The minimum Gasteiger partial charge on any atom is -0.475 e. The maximum Gasteiger partial charge on any atom is 0.490 e. The van der Waals surface area contributed by atoms with Crippen LogP contribution in [-0.4, -0.2) is 100 Å². The molecule has 1 aliphatic rings. The number of nitrogens with one attached hydrogen (secondary N) is 2. The highest BCUT2D eigenvalue weighted by Gasteiger charge is 2.38. The van der Waals surface area contributed by atoms with E-state index in [2.05, 4.69) is 14.9 Å². The number of carbonyl (C=O) groups excluding carboxylic acids is 2. The van der Waals surface area contributed by atoms with E-state index < -0.39 is 22.2 Å². The van der Waals surface area contributed by atoms with Crippen LogP contribution >= 0.6 is 0 Å². The molecule has 0 aromatic heterocycles. The van der Waals surface area contributed by atoms with Crippen molar-refractivity contribution in [3.63, 3.8) is 0 Å². The number of sulfonamides is 1. The Morgan fingerprint density at radius 3 is 2.05 bits per heavy atom. The molecule has 15 heteroatoms. The number of anilines is 2. The molecule has 1 fully saturated rings. The normalized spacial score (nSPS) is 13.4. The van der Waals surface area contributed by atoms with Crippen LogP contribution in [0.1, 0.15) is 36.7 Å². The summed E-state index contributed by atoms with van der Waals surface area (Å²) >= 11 is 0. The third kappa shape index (κ3) is 10.1. The summed E-state index contributed by atoms with van der Waals surface area (Å²) in [6.45, 7) is 9.88. The molecule has 0 bridgehead atoms. The summed E-state index contributed by atoms with van der Waals surface area (Å²) in [7, 11) is -2.30. The van der Waals surface area contributed by atoms with E-state index >= 15 is 0 Å². The summed E-state index contributed by atoms with van der Waals surface area (Å²) in [4.78, 5) is 39.9. The lowest BCUT2D eigenvalue weighted by Crippen LogP contribution is -2.44. The van der Waals surface area contributed by atoms with Gasteiger partial charge in [-0.3, -0.25) is 14.3 Å². The van der Waals surface area contributed by atoms with E-state index in [1.807, 2.05) is 20.8 Å². The summed E-state index contributed by atoms with van der Waals surface area (Å²) in [5.41, 5.74) is 2.41. The van der Waals surface area contributed by atoms with Gasteiger partial charge in [0.05, 0.1) is 22.8 Å². The topological polar surface area (TPSA) is 139 Å². The van der Waals surface area contributed by atoms with E-state index in [-0.39, 0.29) is 23.3 Å². The number of halogens is 3. The predicted octanol–water partition coefficient (Wildman–Crippen LogP) is 3.03. The van der Waals surface area contributed by atoms with Gasteiger partial charge in [-0.15, -0.1) is 0 Å². The monoisotopic (exact) mass is 629 g/mol. The number of nitrogens with zero attached hydrogens (tertiary/aromatic N) is 3. The first kappa shape index (κ1) is 35.3. The molecule has 1 heterocycles. The zero-order chi connectivity index (χ0) is 32.4. The predicted molar refractivity (Wildman–Crippen MR) is 157 cm³/mol. The number of aryl methyl sites for hydroxylation is 1. The smallest absolute Gasteiger partial charge is 0.475 e. The Morgan fingerprint density at radius 1 is 1.00 bits per heavy atom. The van der Waals surface area contributed by atoms with Crippen molar-refractivity contribution in [3.05, 3.63) is 53.6 Å². The molecule has 0 radical (unpaired) electrons. The largest absolute Gasteiger partial charge is 0.490 e. The van der Waals surface area contributed by atoms with Crippen molar-refractivity contribution < 1.29 is 41.1 Å². The van der Waals surface area contributed by atoms with Crippen LogP contribution in [0.25, 0.3) is 0 Å². The van der Waals surface area contributed by atoms with Gasteiger partial charge in [0.15, 0.2) is 0 Å². The number of benzene rings is 2. The third-order valence-corrected chi connectivity index (χ3v) is 8.05. The minimum atomic E-state index is -5.08. The summed E-state index contributed by atoms with van der Waals surface area (Å²) in [6.07, 6.45) is -4.27. The first-order valence-electron chi connectivity index (χ1n) is 13.7. The fraction of sp³-hybridized carbons (Fsp3) is 0.464. The second-order valence-corrected chi connectivity index (χ2v) is 11.3. The number of carboxylic acid groups (broad SMARTS) is 1. The second kappa shape index (κ2) is 15.6. The first-order valence-corrected chi connectivity index (χ1v) is 15.2. The number of likely N-dealkylation sites (N-methyl/N-ethyl adjacent to an activating group) is 2. The van der Waals surface area contributed by atoms with Gasteiger partial charge in [-0.2, -0.15) is 13.2 Å². The molecule has 0 unspecified atom stereocenters. The third-order valence-electron chi connectivity index (χ3n) is 6.67. The number of aliphatic carboxylic acids is 1. The highest BCUT2D eigenvalue weighted by Crippen LogP contribution is 2.30. The van der Waals surface area contributed by atoms with E-state index in [0.29, 0.717) is 43.1 Å². The molecule has 1 saturated heterocycles. The van der Waals surface area contributed by atoms with Crippen molar-refractivity contribution >= 4 is 39.2 Å². The molecule has 0 atom stereocenters. The number of amides is 2. The van der Waals surface area contributed by atoms with E-state index in [1.165, 1.54) is 4.90 Å². The van der Waals surface area contributed by atoms with Crippen LogP contribution in [-0.2, 0) is 26.0 Å². The average molecular weight is 630 g/mol. The number of carbonyl (C=O) groups is 3. The Kier molecular flexibility index (Phi) is 12.8. The second-order valence-electron chi connectivity index (χ2n) is 9.60. The maximum absolute atomic E-state index is 13.3. The van der Waals surface area contributed by atoms with Crippen LogP contribution in [0.15, 0.2) is 47.4 Å². The van der Waals surface area contributed by atoms with Crippen molar-refractivity contribution in [2.75, 3.05) is 62.5 Å². The molecule has 0 aliphatic carbocycles. The van der Waals surface area contributed by atoms with Gasteiger partial charge in [0, 0.05) is 51.9 Å².